The number of ether oxygens (including phenoxy) is 4. The van der Waals surface area contributed by atoms with E-state index in [1.54, 1.807) is 0 Å². The van der Waals surface area contributed by atoms with Crippen molar-refractivity contribution in [2.45, 2.75) is 101 Å². The lowest BCUT2D eigenvalue weighted by Gasteiger charge is -2.55. The molecule has 0 N–H and O–H groups in total. The molecule has 2 bridgehead atoms. The number of benzene rings is 1. The van der Waals surface area contributed by atoms with E-state index in [1.807, 2.05) is 6.07 Å². The van der Waals surface area contributed by atoms with Crippen LogP contribution in [-0.2, 0) is 21.3 Å². The first-order chi connectivity index (χ1) is 17.6. The van der Waals surface area contributed by atoms with Crippen LogP contribution in [0.15, 0.2) is 24.3 Å². The van der Waals surface area contributed by atoms with Crippen molar-refractivity contribution in [3.8, 4) is 11.5 Å². The molecule has 2 saturated heterocycles. The van der Waals surface area contributed by atoms with Crippen molar-refractivity contribution in [3.05, 3.63) is 35.4 Å². The second kappa shape index (κ2) is 10.0. The Morgan fingerprint density at radius 1 is 1.19 bits per heavy atom. The minimum Gasteiger partial charge on any atom is -0.481 e. The average molecular weight is 496 g/mol. The molecule has 1 aromatic rings. The Balaban J connectivity index is 1.21. The maximum atomic E-state index is 12.6. The molecule has 1 unspecified atom stereocenters. The maximum Gasteiger partial charge on any atom is 0.513 e. The summed E-state index contributed by atoms with van der Waals surface area (Å²) in [4.78, 5) is 15.2. The van der Waals surface area contributed by atoms with Gasteiger partial charge in [-0.1, -0.05) is 51.7 Å². The Kier molecular flexibility index (Phi) is 6.76. The predicted octanol–water partition coefficient (Wildman–Crippen LogP) is 5.95. The number of carbonyl (C=O) groups excluding carboxylic acids is 1. The van der Waals surface area contributed by atoms with Crippen LogP contribution in [0.4, 0.5) is 4.79 Å². The lowest BCUT2D eigenvalue weighted by Crippen LogP contribution is -2.66. The van der Waals surface area contributed by atoms with Crippen LogP contribution >= 0.6 is 0 Å². The van der Waals surface area contributed by atoms with Gasteiger partial charge in [-0.3, -0.25) is 4.90 Å². The van der Waals surface area contributed by atoms with Gasteiger partial charge in [0.25, 0.3) is 0 Å². The lowest BCUT2D eigenvalue weighted by molar-refractivity contribution is -0.103. The number of piperidine rings is 1. The Morgan fingerprint density at radius 2 is 2.03 bits per heavy atom. The van der Waals surface area contributed by atoms with Crippen molar-refractivity contribution in [1.82, 2.24) is 4.90 Å². The van der Waals surface area contributed by atoms with Crippen molar-refractivity contribution >= 4 is 6.16 Å². The van der Waals surface area contributed by atoms with Gasteiger partial charge in [-0.05, 0) is 68.2 Å². The summed E-state index contributed by atoms with van der Waals surface area (Å²) in [5.74, 6) is 2.03. The minimum atomic E-state index is -0.646. The number of hydrogen-bond donors (Lipinski definition) is 0. The van der Waals surface area contributed by atoms with Gasteiger partial charge in [-0.25, -0.2) is 4.79 Å². The highest BCUT2D eigenvalue weighted by atomic mass is 16.7. The second-order valence-corrected chi connectivity index (χ2v) is 11.6. The fraction of sp³-hybridized carbons (Fsp3) is 0.700. The molecule has 4 atom stereocenters. The lowest BCUT2D eigenvalue weighted by atomic mass is 9.59. The fourth-order valence-corrected chi connectivity index (χ4v) is 7.19. The first kappa shape index (κ1) is 24.3. The average Bonchev–Trinajstić information content (AvgIpc) is 3.64. The van der Waals surface area contributed by atoms with E-state index in [4.69, 9.17) is 18.9 Å². The van der Waals surface area contributed by atoms with Crippen molar-refractivity contribution < 1.29 is 23.7 Å². The van der Waals surface area contributed by atoms with Crippen LogP contribution in [0.25, 0.3) is 0 Å². The zero-order chi connectivity index (χ0) is 24.7. The van der Waals surface area contributed by atoms with Crippen LogP contribution in [0.5, 0.6) is 11.5 Å². The van der Waals surface area contributed by atoms with Crippen LogP contribution < -0.4 is 9.47 Å². The van der Waals surface area contributed by atoms with Gasteiger partial charge in [0.05, 0.1) is 24.7 Å². The largest absolute Gasteiger partial charge is 0.513 e. The first-order valence-electron chi connectivity index (χ1n) is 14.3. The highest BCUT2D eigenvalue weighted by molar-refractivity contribution is 5.69. The Labute approximate surface area is 215 Å². The highest BCUT2D eigenvalue weighted by Gasteiger charge is 2.65. The molecule has 0 amide bonds. The summed E-state index contributed by atoms with van der Waals surface area (Å²) in [6.45, 7) is 9.96. The van der Waals surface area contributed by atoms with Gasteiger partial charge in [0.1, 0.15) is 6.10 Å². The van der Waals surface area contributed by atoms with E-state index >= 15 is 0 Å². The highest BCUT2D eigenvalue weighted by Crippen LogP contribution is 2.61. The third-order valence-electron chi connectivity index (χ3n) is 9.14. The molecular formula is C30H41NO5. The molecule has 6 rings (SSSR count). The number of hydrogen-bond acceptors (Lipinski definition) is 6. The van der Waals surface area contributed by atoms with Crippen LogP contribution in [0.1, 0.15) is 82.3 Å². The Hall–Kier alpha value is -2.05. The summed E-state index contributed by atoms with van der Waals surface area (Å²) in [5, 5.41) is 0. The Morgan fingerprint density at radius 3 is 2.86 bits per heavy atom. The van der Waals surface area contributed by atoms with Crippen molar-refractivity contribution in [3.63, 3.8) is 0 Å². The van der Waals surface area contributed by atoms with Gasteiger partial charge in [0, 0.05) is 18.2 Å². The van der Waals surface area contributed by atoms with Crippen LogP contribution in [0.3, 0.4) is 0 Å². The number of rotatable bonds is 10. The number of carbonyl (C=O) groups is 1. The van der Waals surface area contributed by atoms with Crippen LogP contribution in [-0.4, -0.2) is 55.6 Å². The van der Waals surface area contributed by atoms with E-state index in [2.05, 4.69) is 24.5 Å². The van der Waals surface area contributed by atoms with Crippen molar-refractivity contribution in [2.24, 2.45) is 5.92 Å². The molecule has 3 aliphatic heterocycles. The minimum absolute atomic E-state index is 0.0814. The van der Waals surface area contributed by atoms with Gasteiger partial charge in [0.15, 0.2) is 11.5 Å². The molecule has 3 fully saturated rings. The van der Waals surface area contributed by atoms with E-state index in [-0.39, 0.29) is 17.6 Å². The van der Waals surface area contributed by atoms with Crippen LogP contribution in [0, 0.1) is 5.92 Å². The normalized spacial score (nSPS) is 30.4. The molecule has 6 heteroatoms. The van der Waals surface area contributed by atoms with Crippen molar-refractivity contribution in [2.75, 3.05) is 26.3 Å². The smallest absolute Gasteiger partial charge is 0.481 e. The van der Waals surface area contributed by atoms with Gasteiger partial charge in [0.2, 0.25) is 0 Å². The molecule has 6 nitrogen and oxygen atoms in total. The molecule has 1 spiro atoms. The maximum absolute atomic E-state index is 12.6. The monoisotopic (exact) mass is 495 g/mol. The van der Waals surface area contributed by atoms with E-state index in [1.165, 1.54) is 56.2 Å². The summed E-state index contributed by atoms with van der Waals surface area (Å²) in [7, 11) is 0. The summed E-state index contributed by atoms with van der Waals surface area (Å²) in [6.07, 6.45) is 11.6. The molecule has 3 heterocycles. The van der Waals surface area contributed by atoms with Gasteiger partial charge in [-0.2, -0.15) is 0 Å². The number of likely N-dealkylation sites (tertiary alicyclic amines) is 1. The number of unbranched alkanes of at least 4 members (excludes halogenated alkanes) is 5. The molecule has 1 aromatic carbocycles. The van der Waals surface area contributed by atoms with E-state index in [0.717, 1.165) is 50.1 Å². The van der Waals surface area contributed by atoms with E-state index in [9.17, 15) is 4.79 Å². The SMILES string of the molecule is C=C1CCO[C@@H]2C3Cc4ccc(OC(=O)OCCCCCCCC)c5c4[C@@]2(CCN3CC2CC2)[C@H]1O5. The van der Waals surface area contributed by atoms with Gasteiger partial charge >= 0.3 is 6.16 Å². The summed E-state index contributed by atoms with van der Waals surface area (Å²) >= 11 is 0. The molecule has 5 aliphatic rings. The number of nitrogens with zero attached hydrogens (tertiary/aromatic N) is 1. The molecule has 0 aromatic heterocycles. The molecule has 196 valence electrons. The topological polar surface area (TPSA) is 57.2 Å². The summed E-state index contributed by atoms with van der Waals surface area (Å²) < 4.78 is 24.5. The van der Waals surface area contributed by atoms with Gasteiger partial charge < -0.3 is 18.9 Å². The van der Waals surface area contributed by atoms with E-state index < -0.39 is 6.16 Å². The Bertz CT molecular complexity index is 1000. The second-order valence-electron chi connectivity index (χ2n) is 11.6. The zero-order valence-electron chi connectivity index (χ0n) is 21.8. The van der Waals surface area contributed by atoms with Crippen molar-refractivity contribution in [1.29, 1.82) is 0 Å². The third kappa shape index (κ3) is 4.24. The molecule has 0 radical (unpaired) electrons. The summed E-state index contributed by atoms with van der Waals surface area (Å²) in [6, 6.07) is 4.40. The van der Waals surface area contributed by atoms with E-state index in [0.29, 0.717) is 30.8 Å². The molecule has 2 aliphatic carbocycles. The third-order valence-corrected chi connectivity index (χ3v) is 9.14. The zero-order valence-corrected chi connectivity index (χ0v) is 21.8. The van der Waals surface area contributed by atoms with Gasteiger partial charge in [-0.15, -0.1) is 0 Å². The standard InChI is InChI=1S/C30H41NO5/c1-3-4-5-6-7-8-16-34-29(32)35-24-12-11-22-18-23-28-30(14-15-31(23)19-21-9-10-21)25(22)26(24)36-27(30)20(2)13-17-33-28/h11-12,21,23,27-28H,2-10,13-19H2,1H3/t23?,27-,28+,30-/m0/s1. The molecule has 1 saturated carbocycles. The predicted molar refractivity (Wildman–Crippen MR) is 138 cm³/mol. The fourth-order valence-electron chi connectivity index (χ4n) is 7.19. The van der Waals surface area contributed by atoms with Crippen LogP contribution in [0.2, 0.25) is 0 Å². The quantitative estimate of drug-likeness (QED) is 0.173. The first-order valence-corrected chi connectivity index (χ1v) is 14.3. The molecular weight excluding hydrogens is 454 g/mol. The molecule has 36 heavy (non-hydrogen) atoms. The summed E-state index contributed by atoms with van der Waals surface area (Å²) in [5.41, 5.74) is 3.35.